The lowest BCUT2D eigenvalue weighted by atomic mass is 9.72. The number of methoxy groups -OCH3 is 1. The zero-order valence-electron chi connectivity index (χ0n) is 8.49. The van der Waals surface area contributed by atoms with Crippen molar-refractivity contribution in [3.8, 4) is 0 Å². The van der Waals surface area contributed by atoms with Crippen LogP contribution in [0.4, 0.5) is 0 Å². The van der Waals surface area contributed by atoms with E-state index in [-0.39, 0.29) is 17.9 Å². The Kier molecular flexibility index (Phi) is 3.31. The third kappa shape index (κ3) is 2.02. The van der Waals surface area contributed by atoms with E-state index in [1.807, 2.05) is 6.92 Å². The van der Waals surface area contributed by atoms with Crippen LogP contribution in [0, 0.1) is 17.8 Å². The molecule has 0 bridgehead atoms. The Labute approximate surface area is 79.1 Å². The van der Waals surface area contributed by atoms with Crippen LogP contribution in [0.15, 0.2) is 0 Å². The average molecular weight is 186 g/mol. The highest BCUT2D eigenvalue weighted by molar-refractivity contribution is 5.70. The highest BCUT2D eigenvalue weighted by Gasteiger charge is 2.37. The van der Waals surface area contributed by atoms with Gasteiger partial charge in [0.15, 0.2) is 0 Å². The summed E-state index contributed by atoms with van der Waals surface area (Å²) in [5.41, 5.74) is 0. The van der Waals surface area contributed by atoms with Gasteiger partial charge in [-0.15, -0.1) is 0 Å². The van der Waals surface area contributed by atoms with Crippen molar-refractivity contribution in [1.82, 2.24) is 0 Å². The van der Waals surface area contributed by atoms with Crippen molar-refractivity contribution < 1.29 is 14.6 Å². The predicted octanol–water partition coefficient (Wildman–Crippen LogP) is 1.77. The Morgan fingerprint density at radius 3 is 2.38 bits per heavy atom. The van der Waals surface area contributed by atoms with Crippen LogP contribution in [-0.2, 0) is 9.53 Å². The van der Waals surface area contributed by atoms with Crippen molar-refractivity contribution in [1.29, 1.82) is 0 Å². The van der Waals surface area contributed by atoms with Gasteiger partial charge in [0.2, 0.25) is 0 Å². The first-order chi connectivity index (χ1) is 6.07. The molecule has 0 heterocycles. The molecule has 1 fully saturated rings. The fourth-order valence-corrected chi connectivity index (χ4v) is 2.26. The van der Waals surface area contributed by atoms with Gasteiger partial charge >= 0.3 is 5.97 Å². The van der Waals surface area contributed by atoms with Crippen molar-refractivity contribution >= 4 is 5.97 Å². The lowest BCUT2D eigenvalue weighted by molar-refractivity contribution is -0.148. The number of carboxylic acid groups (broad SMARTS) is 1. The smallest absolute Gasteiger partial charge is 0.306 e. The van der Waals surface area contributed by atoms with Gasteiger partial charge in [-0.2, -0.15) is 0 Å². The highest BCUT2D eigenvalue weighted by Crippen LogP contribution is 2.35. The van der Waals surface area contributed by atoms with E-state index in [2.05, 4.69) is 6.92 Å². The molecule has 1 rings (SSSR count). The van der Waals surface area contributed by atoms with Crippen molar-refractivity contribution in [3.63, 3.8) is 0 Å². The van der Waals surface area contributed by atoms with E-state index in [1.165, 1.54) is 0 Å². The van der Waals surface area contributed by atoms with Gasteiger partial charge in [-0.3, -0.25) is 4.79 Å². The molecule has 1 aliphatic rings. The molecule has 0 saturated heterocycles. The Balaban J connectivity index is 2.64. The zero-order chi connectivity index (χ0) is 10.0. The van der Waals surface area contributed by atoms with Crippen LogP contribution in [0.5, 0.6) is 0 Å². The van der Waals surface area contributed by atoms with Crippen LogP contribution >= 0.6 is 0 Å². The quantitative estimate of drug-likeness (QED) is 0.715. The molecule has 13 heavy (non-hydrogen) atoms. The molecule has 0 spiro atoms. The van der Waals surface area contributed by atoms with E-state index < -0.39 is 5.97 Å². The van der Waals surface area contributed by atoms with Crippen molar-refractivity contribution in [2.75, 3.05) is 7.11 Å². The van der Waals surface area contributed by atoms with Gasteiger partial charge in [0.05, 0.1) is 12.0 Å². The van der Waals surface area contributed by atoms with Crippen molar-refractivity contribution in [2.45, 2.75) is 32.8 Å². The summed E-state index contributed by atoms with van der Waals surface area (Å²) in [5.74, 6) is -0.272. The third-order valence-corrected chi connectivity index (χ3v) is 3.43. The second-order valence-corrected chi connectivity index (χ2v) is 4.01. The fourth-order valence-electron chi connectivity index (χ4n) is 2.26. The summed E-state index contributed by atoms with van der Waals surface area (Å²) < 4.78 is 5.31. The van der Waals surface area contributed by atoms with Gasteiger partial charge in [-0.25, -0.2) is 0 Å². The normalized spacial score (nSPS) is 40.2. The van der Waals surface area contributed by atoms with Crippen molar-refractivity contribution in [2.24, 2.45) is 17.8 Å². The van der Waals surface area contributed by atoms with Gasteiger partial charge in [0, 0.05) is 7.11 Å². The fraction of sp³-hybridized carbons (Fsp3) is 0.900. The number of aliphatic carboxylic acids is 1. The molecule has 0 aromatic carbocycles. The second-order valence-electron chi connectivity index (χ2n) is 4.01. The van der Waals surface area contributed by atoms with E-state index in [4.69, 9.17) is 9.84 Å². The SMILES string of the molecule is CO[C@H]1CC[C@@H](C(=O)O)[C@@H](C)[C@H]1C. The van der Waals surface area contributed by atoms with Gasteiger partial charge in [0.25, 0.3) is 0 Å². The summed E-state index contributed by atoms with van der Waals surface area (Å²) in [6.45, 7) is 4.09. The molecule has 0 amide bonds. The summed E-state index contributed by atoms with van der Waals surface area (Å²) in [6.07, 6.45) is 1.86. The molecule has 0 aliphatic heterocycles. The van der Waals surface area contributed by atoms with Gasteiger partial charge in [0.1, 0.15) is 0 Å². The van der Waals surface area contributed by atoms with E-state index >= 15 is 0 Å². The minimum atomic E-state index is -0.658. The molecule has 0 aromatic rings. The van der Waals surface area contributed by atoms with Gasteiger partial charge in [-0.05, 0) is 24.7 Å². The zero-order valence-corrected chi connectivity index (χ0v) is 8.49. The van der Waals surface area contributed by atoms with E-state index in [9.17, 15) is 4.79 Å². The number of carboxylic acids is 1. The molecule has 0 unspecified atom stereocenters. The Bertz CT molecular complexity index is 191. The summed E-state index contributed by atoms with van der Waals surface area (Å²) in [4.78, 5) is 10.9. The van der Waals surface area contributed by atoms with E-state index in [0.29, 0.717) is 5.92 Å². The lowest BCUT2D eigenvalue weighted by Gasteiger charge is -2.37. The van der Waals surface area contributed by atoms with Crippen LogP contribution in [0.3, 0.4) is 0 Å². The molecule has 1 N–H and O–H groups in total. The summed E-state index contributed by atoms with van der Waals surface area (Å²) in [7, 11) is 1.70. The maximum absolute atomic E-state index is 10.9. The molecule has 3 nitrogen and oxygen atoms in total. The van der Waals surface area contributed by atoms with Crippen LogP contribution in [0.2, 0.25) is 0 Å². The standard InChI is InChI=1S/C10H18O3/c1-6-7(2)9(13-3)5-4-8(6)10(11)12/h6-9H,4-5H2,1-3H3,(H,11,12)/t6-,7+,8+,9-/m0/s1. The van der Waals surface area contributed by atoms with Gasteiger partial charge < -0.3 is 9.84 Å². The largest absolute Gasteiger partial charge is 0.481 e. The average Bonchev–Trinajstić information content (AvgIpc) is 2.09. The monoisotopic (exact) mass is 186 g/mol. The predicted molar refractivity (Wildman–Crippen MR) is 49.5 cm³/mol. The molecule has 76 valence electrons. The number of carbonyl (C=O) groups is 1. The molecule has 1 aliphatic carbocycles. The number of hydrogen-bond donors (Lipinski definition) is 1. The molecule has 1 saturated carbocycles. The first-order valence-electron chi connectivity index (χ1n) is 4.83. The van der Waals surface area contributed by atoms with Crippen LogP contribution in [0.25, 0.3) is 0 Å². The molecule has 3 heteroatoms. The first-order valence-corrected chi connectivity index (χ1v) is 4.83. The maximum Gasteiger partial charge on any atom is 0.306 e. The molecule has 0 radical (unpaired) electrons. The third-order valence-electron chi connectivity index (χ3n) is 3.43. The minimum Gasteiger partial charge on any atom is -0.481 e. The highest BCUT2D eigenvalue weighted by atomic mass is 16.5. The second kappa shape index (κ2) is 4.09. The van der Waals surface area contributed by atoms with E-state index in [0.717, 1.165) is 12.8 Å². The van der Waals surface area contributed by atoms with Gasteiger partial charge in [-0.1, -0.05) is 13.8 Å². The number of rotatable bonds is 2. The number of ether oxygens (including phenoxy) is 1. The Morgan fingerprint density at radius 1 is 1.31 bits per heavy atom. The van der Waals surface area contributed by atoms with E-state index in [1.54, 1.807) is 7.11 Å². The Hall–Kier alpha value is -0.570. The lowest BCUT2D eigenvalue weighted by Crippen LogP contribution is -2.39. The topological polar surface area (TPSA) is 46.5 Å². The molecule has 0 aromatic heterocycles. The minimum absolute atomic E-state index is 0.179. The molecular formula is C10H18O3. The summed E-state index contributed by atoms with van der Waals surface area (Å²) >= 11 is 0. The molecule has 4 atom stereocenters. The van der Waals surface area contributed by atoms with Crippen LogP contribution in [0.1, 0.15) is 26.7 Å². The maximum atomic E-state index is 10.9. The molecular weight excluding hydrogens is 168 g/mol. The van der Waals surface area contributed by atoms with Crippen molar-refractivity contribution in [3.05, 3.63) is 0 Å². The summed E-state index contributed by atoms with van der Waals surface area (Å²) in [5, 5.41) is 8.94. The summed E-state index contributed by atoms with van der Waals surface area (Å²) in [6, 6.07) is 0. The number of hydrogen-bond acceptors (Lipinski definition) is 2. The first kappa shape index (κ1) is 10.5. The van der Waals surface area contributed by atoms with Crippen LogP contribution in [-0.4, -0.2) is 24.3 Å². The van der Waals surface area contributed by atoms with Crippen LogP contribution < -0.4 is 0 Å². The Morgan fingerprint density at radius 2 is 1.92 bits per heavy atom.